The van der Waals surface area contributed by atoms with Gasteiger partial charge >= 0.3 is 6.03 Å². The largest absolute Gasteiger partial charge is 0.345 e. The van der Waals surface area contributed by atoms with Crippen molar-refractivity contribution in [1.29, 1.82) is 5.41 Å². The molecule has 1 unspecified atom stereocenters. The molecule has 1 aliphatic heterocycles. The number of rotatable bonds is 2. The molecule has 0 spiro atoms. The third kappa shape index (κ3) is 2.51. The zero-order valence-electron chi connectivity index (χ0n) is 11.9. The highest BCUT2D eigenvalue weighted by Crippen LogP contribution is 2.33. The number of anilines is 1. The van der Waals surface area contributed by atoms with E-state index in [4.69, 9.17) is 17.0 Å². The summed E-state index contributed by atoms with van der Waals surface area (Å²) in [5.74, 6) is 0.138. The maximum Gasteiger partial charge on any atom is 0.328 e. The average molecular weight is 342 g/mol. The Morgan fingerprint density at radius 1 is 1.17 bits per heavy atom. The maximum absolute atomic E-state index is 12.3. The van der Waals surface area contributed by atoms with E-state index < -0.39 is 6.04 Å². The Morgan fingerprint density at radius 2 is 1.92 bits per heavy atom. The average Bonchev–Trinajstić information content (AvgIpc) is 3.11. The first-order valence-electron chi connectivity index (χ1n) is 7.01. The minimum absolute atomic E-state index is 0. The summed E-state index contributed by atoms with van der Waals surface area (Å²) in [7, 11) is 0. The third-order valence-electron chi connectivity index (χ3n) is 3.86. The molecule has 0 radical (unpaired) electrons. The van der Waals surface area contributed by atoms with Crippen molar-refractivity contribution >= 4 is 40.2 Å². The quantitative estimate of drug-likeness (QED) is 0.655. The molecule has 4 rings (SSSR count). The van der Waals surface area contributed by atoms with Crippen LogP contribution in [0.2, 0.25) is 5.02 Å². The van der Waals surface area contributed by atoms with Crippen molar-refractivity contribution in [3.8, 4) is 0 Å². The first-order chi connectivity index (χ1) is 11.1. The van der Waals surface area contributed by atoms with Crippen LogP contribution in [0.15, 0.2) is 48.8 Å². The molecule has 0 bridgehead atoms. The number of benzene rings is 2. The second kappa shape index (κ2) is 5.98. The van der Waals surface area contributed by atoms with Crippen LogP contribution in [0.4, 0.5) is 10.5 Å². The molecule has 24 heavy (non-hydrogen) atoms. The van der Waals surface area contributed by atoms with E-state index in [9.17, 15) is 4.79 Å². The number of carbonyl (C=O) groups excluding carboxylic acids is 1. The van der Waals surface area contributed by atoms with Crippen LogP contribution >= 0.6 is 11.6 Å². The highest BCUT2D eigenvalue weighted by molar-refractivity contribution is 6.30. The van der Waals surface area contributed by atoms with Gasteiger partial charge < -0.3 is 4.98 Å². The number of carbonyl (C=O) groups is 1. The SMILES string of the molecule is C.N=C1NC(=O)N(c2ccc3[nH]cnc3c2)C1c1ccc(Cl)cc1. The molecule has 2 heterocycles. The van der Waals surface area contributed by atoms with Crippen molar-refractivity contribution in [3.05, 3.63) is 59.4 Å². The standard InChI is InChI=1S/C16H12ClN5O.CH4/c17-10-3-1-9(2-4-10)14-15(18)21-16(23)22(14)11-5-6-12-13(7-11)20-8-19-12;/h1-8,14H,(H,19,20)(H2,18,21,23);1H4. The molecule has 0 saturated carbocycles. The Kier molecular flexibility index (Phi) is 3.99. The molecule has 1 fully saturated rings. The lowest BCUT2D eigenvalue weighted by Crippen LogP contribution is -2.29. The third-order valence-corrected chi connectivity index (χ3v) is 4.11. The minimum Gasteiger partial charge on any atom is -0.345 e. The van der Waals surface area contributed by atoms with E-state index in [1.165, 1.54) is 0 Å². The number of aromatic amines is 1. The number of aromatic nitrogens is 2. The van der Waals surface area contributed by atoms with E-state index in [-0.39, 0.29) is 19.3 Å². The van der Waals surface area contributed by atoms with Crippen LogP contribution in [0.5, 0.6) is 0 Å². The Hall–Kier alpha value is -2.86. The molecule has 3 N–H and O–H groups in total. The summed E-state index contributed by atoms with van der Waals surface area (Å²) in [6.07, 6.45) is 1.61. The van der Waals surface area contributed by atoms with Gasteiger partial charge in [0.15, 0.2) is 0 Å². The van der Waals surface area contributed by atoms with Gasteiger partial charge in [0, 0.05) is 10.7 Å². The van der Waals surface area contributed by atoms with Crippen LogP contribution < -0.4 is 10.2 Å². The zero-order valence-corrected chi connectivity index (χ0v) is 12.6. The number of halogens is 1. The molecular formula is C17H16ClN5O. The van der Waals surface area contributed by atoms with Gasteiger partial charge in [-0.1, -0.05) is 31.2 Å². The van der Waals surface area contributed by atoms with Crippen LogP contribution in [0.1, 0.15) is 19.0 Å². The number of nitrogens with one attached hydrogen (secondary N) is 3. The van der Waals surface area contributed by atoms with Gasteiger partial charge in [0.25, 0.3) is 0 Å². The first-order valence-corrected chi connectivity index (χ1v) is 7.38. The molecule has 0 aliphatic carbocycles. The molecular weight excluding hydrogens is 326 g/mol. The van der Waals surface area contributed by atoms with E-state index in [0.717, 1.165) is 16.6 Å². The highest BCUT2D eigenvalue weighted by Gasteiger charge is 2.38. The number of urea groups is 1. The number of amidine groups is 1. The molecule has 6 nitrogen and oxygen atoms in total. The molecule has 1 aliphatic rings. The lowest BCUT2D eigenvalue weighted by Gasteiger charge is -2.23. The van der Waals surface area contributed by atoms with E-state index in [2.05, 4.69) is 15.3 Å². The lowest BCUT2D eigenvalue weighted by atomic mass is 10.0. The summed E-state index contributed by atoms with van der Waals surface area (Å²) in [6.45, 7) is 0. The number of imidazole rings is 1. The van der Waals surface area contributed by atoms with Gasteiger partial charge in [0.05, 0.1) is 17.4 Å². The van der Waals surface area contributed by atoms with Crippen LogP contribution in [0.3, 0.4) is 0 Å². The highest BCUT2D eigenvalue weighted by atomic mass is 35.5. The molecule has 2 amide bonds. The molecule has 1 atom stereocenters. The maximum atomic E-state index is 12.3. The molecule has 7 heteroatoms. The van der Waals surface area contributed by atoms with E-state index >= 15 is 0 Å². The number of H-pyrrole nitrogens is 1. The fourth-order valence-electron chi connectivity index (χ4n) is 2.79. The smallest absolute Gasteiger partial charge is 0.328 e. The van der Waals surface area contributed by atoms with E-state index in [1.54, 1.807) is 23.4 Å². The summed E-state index contributed by atoms with van der Waals surface area (Å²) in [6, 6.07) is 11.8. The summed E-state index contributed by atoms with van der Waals surface area (Å²) in [4.78, 5) is 21.1. The fourth-order valence-corrected chi connectivity index (χ4v) is 2.91. The molecule has 2 aromatic carbocycles. The topological polar surface area (TPSA) is 84.9 Å². The number of hydrogen-bond acceptors (Lipinski definition) is 3. The molecule has 3 aromatic rings. The molecule has 1 aromatic heterocycles. The van der Waals surface area contributed by atoms with Crippen LogP contribution in [0.25, 0.3) is 11.0 Å². The Balaban J connectivity index is 0.00000169. The molecule has 1 saturated heterocycles. The van der Waals surface area contributed by atoms with Crippen LogP contribution in [0, 0.1) is 5.41 Å². The van der Waals surface area contributed by atoms with Gasteiger partial charge in [-0.15, -0.1) is 0 Å². The summed E-state index contributed by atoms with van der Waals surface area (Å²) in [5, 5.41) is 11.3. The normalized spacial score (nSPS) is 17.0. The lowest BCUT2D eigenvalue weighted by molar-refractivity contribution is 0.252. The van der Waals surface area contributed by atoms with E-state index in [1.807, 2.05) is 30.3 Å². The number of hydrogen-bond donors (Lipinski definition) is 3. The number of nitrogens with zero attached hydrogens (tertiary/aromatic N) is 2. The fraction of sp³-hybridized carbons (Fsp3) is 0.118. The second-order valence-electron chi connectivity index (χ2n) is 5.27. The van der Waals surface area contributed by atoms with Crippen molar-refractivity contribution in [2.24, 2.45) is 0 Å². The van der Waals surface area contributed by atoms with Crippen molar-refractivity contribution in [1.82, 2.24) is 15.3 Å². The van der Waals surface area contributed by atoms with Crippen molar-refractivity contribution < 1.29 is 4.79 Å². The summed E-state index contributed by atoms with van der Waals surface area (Å²) < 4.78 is 0. The Morgan fingerprint density at radius 3 is 2.67 bits per heavy atom. The monoisotopic (exact) mass is 341 g/mol. The summed E-state index contributed by atoms with van der Waals surface area (Å²) in [5.41, 5.74) is 3.17. The van der Waals surface area contributed by atoms with Crippen molar-refractivity contribution in [3.63, 3.8) is 0 Å². The van der Waals surface area contributed by atoms with Gasteiger partial charge in [-0.3, -0.25) is 15.6 Å². The van der Waals surface area contributed by atoms with Gasteiger partial charge in [-0.05, 0) is 35.9 Å². The van der Waals surface area contributed by atoms with Crippen LogP contribution in [-0.2, 0) is 0 Å². The zero-order chi connectivity index (χ0) is 16.0. The predicted octanol–water partition coefficient (Wildman–Crippen LogP) is 4.10. The van der Waals surface area contributed by atoms with Gasteiger partial charge in [-0.25, -0.2) is 9.78 Å². The van der Waals surface area contributed by atoms with Gasteiger partial charge in [-0.2, -0.15) is 0 Å². The van der Waals surface area contributed by atoms with Gasteiger partial charge in [0.1, 0.15) is 11.9 Å². The first kappa shape index (κ1) is 16.0. The molecule has 122 valence electrons. The van der Waals surface area contributed by atoms with Crippen molar-refractivity contribution in [2.75, 3.05) is 4.90 Å². The number of amides is 2. The summed E-state index contributed by atoms with van der Waals surface area (Å²) >= 11 is 5.93. The Labute approximate surface area is 144 Å². The van der Waals surface area contributed by atoms with E-state index in [0.29, 0.717) is 10.7 Å². The number of fused-ring (bicyclic) bond motifs is 1. The van der Waals surface area contributed by atoms with Crippen LogP contribution in [-0.4, -0.2) is 21.8 Å². The minimum atomic E-state index is -0.504. The van der Waals surface area contributed by atoms with Gasteiger partial charge in [0.2, 0.25) is 0 Å². The Bertz CT molecular complexity index is 918. The second-order valence-corrected chi connectivity index (χ2v) is 5.71. The predicted molar refractivity (Wildman–Crippen MR) is 95.8 cm³/mol. The van der Waals surface area contributed by atoms with Crippen molar-refractivity contribution in [2.45, 2.75) is 13.5 Å².